The third kappa shape index (κ3) is 4.03. The summed E-state index contributed by atoms with van der Waals surface area (Å²) in [6.45, 7) is 5.52. The van der Waals surface area contributed by atoms with Gasteiger partial charge >= 0.3 is 0 Å². The number of likely N-dealkylation sites (tertiary alicyclic amines) is 1. The number of H-pyrrole nitrogens is 1. The maximum absolute atomic E-state index is 12.6. The Labute approximate surface area is 172 Å². The molecule has 0 spiro atoms. The molecule has 0 unspecified atom stereocenters. The third-order valence-corrected chi connectivity index (χ3v) is 5.46. The van der Waals surface area contributed by atoms with Crippen LogP contribution in [-0.2, 0) is 11.3 Å². The highest BCUT2D eigenvalue weighted by Crippen LogP contribution is 2.25. The Morgan fingerprint density at radius 2 is 2.21 bits per heavy atom. The highest BCUT2D eigenvalue weighted by atomic mass is 35.5. The van der Waals surface area contributed by atoms with Crippen LogP contribution in [0.2, 0.25) is 5.02 Å². The maximum Gasteiger partial charge on any atom is 0.281 e. The average molecular weight is 415 g/mol. The number of piperidine rings is 1. The lowest BCUT2D eigenvalue weighted by atomic mass is 9.96. The molecule has 1 saturated heterocycles. The molecule has 0 saturated carbocycles. The Morgan fingerprint density at radius 3 is 2.97 bits per heavy atom. The zero-order valence-corrected chi connectivity index (χ0v) is 17.2. The van der Waals surface area contributed by atoms with Gasteiger partial charge in [-0.1, -0.05) is 42.8 Å². The number of nitrogens with one attached hydrogen (secondary N) is 1. The first-order chi connectivity index (χ1) is 13.9. The van der Waals surface area contributed by atoms with Crippen LogP contribution in [0.5, 0.6) is 0 Å². The fraction of sp³-hybridized carbons (Fsp3) is 0.450. The first-order valence-electron chi connectivity index (χ1n) is 9.79. The minimum absolute atomic E-state index is 0.0157. The van der Waals surface area contributed by atoms with Gasteiger partial charge in [-0.2, -0.15) is 0 Å². The van der Waals surface area contributed by atoms with Crippen LogP contribution in [0.25, 0.3) is 11.2 Å². The van der Waals surface area contributed by atoms with E-state index in [9.17, 15) is 9.59 Å². The number of aromatic nitrogens is 5. The summed E-state index contributed by atoms with van der Waals surface area (Å²) in [4.78, 5) is 34.4. The second kappa shape index (κ2) is 7.94. The van der Waals surface area contributed by atoms with E-state index in [4.69, 9.17) is 11.6 Å². The number of hydrogen-bond donors (Lipinski definition) is 1. The Balaban J connectivity index is 1.66. The summed E-state index contributed by atoms with van der Waals surface area (Å²) in [5.74, 6) is 0.647. The summed E-state index contributed by atoms with van der Waals surface area (Å²) < 4.78 is 1.61. The summed E-state index contributed by atoms with van der Waals surface area (Å²) in [6, 6.07) is 7.45. The highest BCUT2D eigenvalue weighted by Gasteiger charge is 2.28. The van der Waals surface area contributed by atoms with Crippen molar-refractivity contribution >= 4 is 28.7 Å². The minimum atomic E-state index is -0.311. The SMILES string of the molecule is CC(C)C(=O)N1CCC[C@H](c2nc3c(nnn3Cc3cccc(Cl)c3)c(=O)[nH]2)C1. The molecule has 1 fully saturated rings. The molecular formula is C20H23ClN6O2. The molecule has 1 aliphatic heterocycles. The number of carbonyl (C=O) groups is 1. The number of hydrogen-bond acceptors (Lipinski definition) is 5. The van der Waals surface area contributed by atoms with Crippen molar-refractivity contribution in [2.75, 3.05) is 13.1 Å². The molecule has 9 heteroatoms. The molecule has 2 aromatic heterocycles. The van der Waals surface area contributed by atoms with Gasteiger partial charge in [0.2, 0.25) is 5.91 Å². The zero-order chi connectivity index (χ0) is 20.5. The van der Waals surface area contributed by atoms with E-state index in [1.165, 1.54) is 0 Å². The zero-order valence-electron chi connectivity index (χ0n) is 16.4. The monoisotopic (exact) mass is 414 g/mol. The van der Waals surface area contributed by atoms with Crippen molar-refractivity contribution < 1.29 is 4.79 Å². The van der Waals surface area contributed by atoms with Crippen LogP contribution in [0, 0.1) is 5.92 Å². The minimum Gasteiger partial charge on any atom is -0.342 e. The largest absolute Gasteiger partial charge is 0.342 e. The topological polar surface area (TPSA) is 96.8 Å². The van der Waals surface area contributed by atoms with Gasteiger partial charge in [-0.15, -0.1) is 5.10 Å². The number of benzene rings is 1. The molecule has 1 atom stereocenters. The summed E-state index contributed by atoms with van der Waals surface area (Å²) in [6.07, 6.45) is 1.75. The van der Waals surface area contributed by atoms with E-state index in [1.54, 1.807) is 10.7 Å². The molecule has 8 nitrogen and oxygen atoms in total. The molecule has 1 aliphatic rings. The molecule has 3 aromatic rings. The fourth-order valence-electron chi connectivity index (χ4n) is 3.76. The van der Waals surface area contributed by atoms with Crippen LogP contribution < -0.4 is 5.56 Å². The first-order valence-corrected chi connectivity index (χ1v) is 10.2. The normalized spacial score (nSPS) is 17.2. The van der Waals surface area contributed by atoms with Gasteiger partial charge in [0.1, 0.15) is 5.82 Å². The molecule has 1 N–H and O–H groups in total. The molecule has 29 heavy (non-hydrogen) atoms. The van der Waals surface area contributed by atoms with Gasteiger partial charge in [-0.05, 0) is 30.5 Å². The number of carbonyl (C=O) groups excluding carboxylic acids is 1. The molecule has 3 heterocycles. The second-order valence-corrected chi connectivity index (χ2v) is 8.21. The highest BCUT2D eigenvalue weighted by molar-refractivity contribution is 6.30. The molecular weight excluding hydrogens is 392 g/mol. The molecule has 0 aliphatic carbocycles. The summed E-state index contributed by atoms with van der Waals surface area (Å²) in [5, 5.41) is 8.74. The van der Waals surface area contributed by atoms with Crippen molar-refractivity contribution in [3.63, 3.8) is 0 Å². The number of amides is 1. The molecule has 4 rings (SSSR count). The Bertz CT molecular complexity index is 1110. The second-order valence-electron chi connectivity index (χ2n) is 7.78. The summed E-state index contributed by atoms with van der Waals surface area (Å²) in [5.41, 5.74) is 1.28. The van der Waals surface area contributed by atoms with Gasteiger partial charge in [-0.3, -0.25) is 9.59 Å². The Morgan fingerprint density at radius 1 is 1.38 bits per heavy atom. The third-order valence-electron chi connectivity index (χ3n) is 5.23. The standard InChI is InChI=1S/C20H23ClN6O2/c1-12(2)20(29)26-8-4-6-14(11-26)17-22-18-16(19(28)23-17)24-25-27(18)10-13-5-3-7-15(21)9-13/h3,5,7,9,12,14H,4,6,8,10-11H2,1-2H3,(H,22,23,28)/t14-/m0/s1. The van der Waals surface area contributed by atoms with Crippen molar-refractivity contribution in [2.24, 2.45) is 5.92 Å². The van der Waals surface area contributed by atoms with E-state index in [-0.39, 0.29) is 28.8 Å². The molecule has 0 bridgehead atoms. The Kier molecular flexibility index (Phi) is 5.36. The van der Waals surface area contributed by atoms with Crippen molar-refractivity contribution in [3.8, 4) is 0 Å². The van der Waals surface area contributed by atoms with E-state index in [0.29, 0.717) is 29.6 Å². The van der Waals surface area contributed by atoms with Gasteiger partial charge in [0.25, 0.3) is 5.56 Å². The number of rotatable bonds is 4. The average Bonchev–Trinajstić information content (AvgIpc) is 3.11. The quantitative estimate of drug-likeness (QED) is 0.707. The van der Waals surface area contributed by atoms with Crippen LogP contribution in [0.3, 0.4) is 0 Å². The predicted octanol–water partition coefficient (Wildman–Crippen LogP) is 2.58. The lowest BCUT2D eigenvalue weighted by Gasteiger charge is -2.33. The van der Waals surface area contributed by atoms with Gasteiger partial charge in [0.05, 0.1) is 6.54 Å². The molecule has 1 amide bonds. The predicted molar refractivity (Wildman–Crippen MR) is 110 cm³/mol. The number of nitrogens with zero attached hydrogens (tertiary/aromatic N) is 5. The van der Waals surface area contributed by atoms with E-state index in [0.717, 1.165) is 24.9 Å². The van der Waals surface area contributed by atoms with Crippen LogP contribution in [0.4, 0.5) is 0 Å². The van der Waals surface area contributed by atoms with Crippen molar-refractivity contribution in [1.29, 1.82) is 0 Å². The van der Waals surface area contributed by atoms with E-state index in [2.05, 4.69) is 20.3 Å². The summed E-state index contributed by atoms with van der Waals surface area (Å²) in [7, 11) is 0. The smallest absolute Gasteiger partial charge is 0.281 e. The van der Waals surface area contributed by atoms with Gasteiger partial charge in [0, 0.05) is 29.9 Å². The lowest BCUT2D eigenvalue weighted by molar-refractivity contribution is -0.135. The summed E-state index contributed by atoms with van der Waals surface area (Å²) >= 11 is 6.07. The first kappa shape index (κ1) is 19.6. The van der Waals surface area contributed by atoms with Crippen LogP contribution in [-0.4, -0.2) is 48.9 Å². The fourth-order valence-corrected chi connectivity index (χ4v) is 3.97. The molecule has 1 aromatic carbocycles. The lowest BCUT2D eigenvalue weighted by Crippen LogP contribution is -2.41. The van der Waals surface area contributed by atoms with E-state index in [1.807, 2.05) is 36.9 Å². The number of aromatic amines is 1. The van der Waals surface area contributed by atoms with Gasteiger partial charge < -0.3 is 9.88 Å². The van der Waals surface area contributed by atoms with Crippen molar-refractivity contribution in [2.45, 2.75) is 39.2 Å². The molecule has 152 valence electrons. The number of halogens is 1. The van der Waals surface area contributed by atoms with Gasteiger partial charge in [-0.25, -0.2) is 9.67 Å². The van der Waals surface area contributed by atoms with Crippen LogP contribution in [0.1, 0.15) is 44.0 Å². The molecule has 0 radical (unpaired) electrons. The van der Waals surface area contributed by atoms with Crippen molar-refractivity contribution in [3.05, 3.63) is 51.0 Å². The maximum atomic E-state index is 12.6. The van der Waals surface area contributed by atoms with Gasteiger partial charge in [0.15, 0.2) is 11.2 Å². The van der Waals surface area contributed by atoms with Crippen molar-refractivity contribution in [1.82, 2.24) is 29.9 Å². The van der Waals surface area contributed by atoms with Crippen LogP contribution in [0.15, 0.2) is 29.1 Å². The van der Waals surface area contributed by atoms with E-state index >= 15 is 0 Å². The van der Waals surface area contributed by atoms with E-state index < -0.39 is 0 Å². The number of fused-ring (bicyclic) bond motifs is 1. The van der Waals surface area contributed by atoms with Crippen LogP contribution >= 0.6 is 11.6 Å². The Hall–Kier alpha value is -2.74.